The molecule has 0 aliphatic heterocycles. The third-order valence-electron chi connectivity index (χ3n) is 1.74. The molecule has 0 bridgehead atoms. The minimum absolute atomic E-state index is 0.236. The molecule has 2 N–H and O–H groups in total. The van der Waals surface area contributed by atoms with E-state index >= 15 is 0 Å². The van der Waals surface area contributed by atoms with Crippen LogP contribution in [-0.2, 0) is 0 Å². The average molecular weight is 243 g/mol. The monoisotopic (exact) mass is 243 g/mol. The minimum atomic E-state index is 0.236. The smallest absolute Gasteiger partial charge is 0.0122 e. The van der Waals surface area contributed by atoms with Crippen LogP contribution in [0.5, 0.6) is 0 Å². The quantitative estimate of drug-likeness (QED) is 0.645. The molecule has 0 radical (unpaired) electrons. The highest BCUT2D eigenvalue weighted by Gasteiger charge is 2.18. The average Bonchev–Trinajstić information content (AvgIpc) is 2.13. The molecule has 0 saturated heterocycles. The molecule has 0 heterocycles. The van der Waals surface area contributed by atoms with Crippen molar-refractivity contribution < 1.29 is 0 Å². The molecule has 0 aliphatic rings. The van der Waals surface area contributed by atoms with E-state index < -0.39 is 0 Å². The maximum absolute atomic E-state index is 5.89. The molecule has 0 amide bonds. The van der Waals surface area contributed by atoms with Crippen molar-refractivity contribution in [2.45, 2.75) is 81.7 Å². The minimum Gasteiger partial charge on any atom is -0.327 e. The summed E-state index contributed by atoms with van der Waals surface area (Å²) in [5.74, 6) is 0. The first-order chi connectivity index (χ1) is 7.48. The number of rotatable bonds is 2. The third kappa shape index (κ3) is 31.3. The standard InChI is InChI=1S/C9H19N.C5H12.C2H6/c1-5-6-7-8(10)9(2,3)4;1-5(2,3)4;1-2/h5-6,8H,7,10H2,1-4H3;1-4H3;1-2H3/b6-5-;;. The SMILES string of the molecule is C/C=C\CC(N)C(C)(C)C.CC.CC(C)(C)C. The Morgan fingerprint density at radius 3 is 1.41 bits per heavy atom. The molecule has 0 rings (SSSR count). The largest absolute Gasteiger partial charge is 0.327 e. The van der Waals surface area contributed by atoms with Gasteiger partial charge in [0.25, 0.3) is 0 Å². The van der Waals surface area contributed by atoms with Gasteiger partial charge < -0.3 is 5.73 Å². The normalized spacial score (nSPS) is 13.4. The molecule has 0 spiro atoms. The molecule has 106 valence electrons. The highest BCUT2D eigenvalue weighted by atomic mass is 14.7. The molecule has 0 aromatic rings. The van der Waals surface area contributed by atoms with Crippen molar-refractivity contribution in [1.29, 1.82) is 0 Å². The summed E-state index contributed by atoms with van der Waals surface area (Å²) in [5, 5.41) is 0. The van der Waals surface area contributed by atoms with Gasteiger partial charge in [-0.05, 0) is 24.2 Å². The van der Waals surface area contributed by atoms with Crippen molar-refractivity contribution in [3.05, 3.63) is 12.2 Å². The number of allylic oxidation sites excluding steroid dienone is 1. The predicted octanol–water partition coefficient (Wildman–Crippen LogP) is 5.40. The topological polar surface area (TPSA) is 26.0 Å². The Labute approximate surface area is 111 Å². The fourth-order valence-corrected chi connectivity index (χ4v) is 0.636. The molecule has 1 unspecified atom stereocenters. The van der Waals surface area contributed by atoms with Gasteiger partial charge in [0.1, 0.15) is 0 Å². The van der Waals surface area contributed by atoms with Crippen LogP contribution < -0.4 is 5.73 Å². The van der Waals surface area contributed by atoms with Crippen molar-refractivity contribution in [2.24, 2.45) is 16.6 Å². The zero-order chi connectivity index (χ0) is 14.7. The van der Waals surface area contributed by atoms with E-state index in [1.807, 2.05) is 26.8 Å². The molecule has 1 heteroatoms. The zero-order valence-corrected chi connectivity index (χ0v) is 14.0. The lowest BCUT2D eigenvalue weighted by Gasteiger charge is -2.25. The lowest BCUT2D eigenvalue weighted by Crippen LogP contribution is -2.34. The lowest BCUT2D eigenvalue weighted by molar-refractivity contribution is 0.322. The van der Waals surface area contributed by atoms with Crippen LogP contribution in [-0.4, -0.2) is 6.04 Å². The van der Waals surface area contributed by atoms with Gasteiger partial charge in [-0.15, -0.1) is 0 Å². The summed E-state index contributed by atoms with van der Waals surface area (Å²) in [6.45, 7) is 21.3. The van der Waals surface area contributed by atoms with E-state index in [1.54, 1.807) is 0 Å². The molecule has 0 aliphatic carbocycles. The van der Waals surface area contributed by atoms with Crippen LogP contribution in [0.25, 0.3) is 0 Å². The Balaban J connectivity index is -0.000000236. The first kappa shape index (κ1) is 21.9. The van der Waals surface area contributed by atoms with Crippen molar-refractivity contribution in [3.8, 4) is 0 Å². The molecule has 1 atom stereocenters. The maximum atomic E-state index is 5.89. The molecule has 0 fully saturated rings. The van der Waals surface area contributed by atoms with Gasteiger partial charge in [-0.2, -0.15) is 0 Å². The summed E-state index contributed by atoms with van der Waals surface area (Å²) in [5.41, 5.74) is 6.62. The van der Waals surface area contributed by atoms with Crippen LogP contribution in [0, 0.1) is 10.8 Å². The van der Waals surface area contributed by atoms with E-state index in [0.717, 1.165) is 6.42 Å². The second kappa shape index (κ2) is 10.8. The van der Waals surface area contributed by atoms with Gasteiger partial charge in [-0.1, -0.05) is 74.5 Å². The number of hydrogen-bond acceptors (Lipinski definition) is 1. The van der Waals surface area contributed by atoms with Crippen molar-refractivity contribution in [3.63, 3.8) is 0 Å². The van der Waals surface area contributed by atoms with Gasteiger partial charge in [-0.25, -0.2) is 0 Å². The van der Waals surface area contributed by atoms with E-state index in [0.29, 0.717) is 5.41 Å². The first-order valence-corrected chi connectivity index (χ1v) is 6.85. The fraction of sp³-hybridized carbons (Fsp3) is 0.875. The molecule has 0 aromatic carbocycles. The second-order valence-electron chi connectivity index (χ2n) is 6.78. The van der Waals surface area contributed by atoms with Gasteiger partial charge in [0.2, 0.25) is 0 Å². The highest BCUT2D eigenvalue weighted by Crippen LogP contribution is 2.19. The summed E-state index contributed by atoms with van der Waals surface area (Å²) in [4.78, 5) is 0. The molecule has 0 aromatic heterocycles. The first-order valence-electron chi connectivity index (χ1n) is 6.85. The second-order valence-corrected chi connectivity index (χ2v) is 6.78. The van der Waals surface area contributed by atoms with Gasteiger partial charge in [0.05, 0.1) is 0 Å². The van der Waals surface area contributed by atoms with E-state index in [9.17, 15) is 0 Å². The zero-order valence-electron chi connectivity index (χ0n) is 14.0. The maximum Gasteiger partial charge on any atom is 0.0122 e. The lowest BCUT2D eigenvalue weighted by atomic mass is 9.85. The predicted molar refractivity (Wildman–Crippen MR) is 83.3 cm³/mol. The highest BCUT2D eigenvalue weighted by molar-refractivity contribution is 4.87. The van der Waals surface area contributed by atoms with E-state index in [4.69, 9.17) is 5.73 Å². The summed E-state index contributed by atoms with van der Waals surface area (Å²) >= 11 is 0. The Bertz CT molecular complexity index is 161. The third-order valence-corrected chi connectivity index (χ3v) is 1.74. The van der Waals surface area contributed by atoms with Crippen LogP contribution >= 0.6 is 0 Å². The number of nitrogens with two attached hydrogens (primary N) is 1. The van der Waals surface area contributed by atoms with Crippen LogP contribution in [0.15, 0.2) is 12.2 Å². The van der Waals surface area contributed by atoms with Crippen LogP contribution in [0.1, 0.15) is 75.7 Å². The van der Waals surface area contributed by atoms with Gasteiger partial charge in [0, 0.05) is 6.04 Å². The summed E-state index contributed by atoms with van der Waals surface area (Å²) < 4.78 is 0. The summed E-state index contributed by atoms with van der Waals surface area (Å²) in [6.07, 6.45) is 5.15. The fourth-order valence-electron chi connectivity index (χ4n) is 0.636. The van der Waals surface area contributed by atoms with Crippen molar-refractivity contribution in [2.75, 3.05) is 0 Å². The van der Waals surface area contributed by atoms with Crippen LogP contribution in [0.4, 0.5) is 0 Å². The Hall–Kier alpha value is -0.300. The van der Waals surface area contributed by atoms with E-state index in [-0.39, 0.29) is 11.5 Å². The Morgan fingerprint density at radius 2 is 1.24 bits per heavy atom. The molecule has 1 nitrogen and oxygen atoms in total. The summed E-state index contributed by atoms with van der Waals surface area (Å²) in [6, 6.07) is 0.281. The van der Waals surface area contributed by atoms with E-state index in [2.05, 4.69) is 54.5 Å². The van der Waals surface area contributed by atoms with Gasteiger partial charge in [0.15, 0.2) is 0 Å². The molecular weight excluding hydrogens is 206 g/mol. The van der Waals surface area contributed by atoms with Gasteiger partial charge >= 0.3 is 0 Å². The van der Waals surface area contributed by atoms with Crippen molar-refractivity contribution >= 4 is 0 Å². The Morgan fingerprint density at radius 1 is 0.941 bits per heavy atom. The Kier molecular flexibility index (Phi) is 14.0. The molecule has 17 heavy (non-hydrogen) atoms. The number of hydrogen-bond donors (Lipinski definition) is 1. The molecular formula is C16H37N. The van der Waals surface area contributed by atoms with Crippen molar-refractivity contribution in [1.82, 2.24) is 0 Å². The van der Waals surface area contributed by atoms with Crippen LogP contribution in [0.3, 0.4) is 0 Å². The summed E-state index contributed by atoms with van der Waals surface area (Å²) in [7, 11) is 0. The van der Waals surface area contributed by atoms with E-state index in [1.165, 1.54) is 0 Å². The van der Waals surface area contributed by atoms with Gasteiger partial charge in [-0.3, -0.25) is 0 Å². The molecule has 0 saturated carbocycles. The van der Waals surface area contributed by atoms with Crippen LogP contribution in [0.2, 0.25) is 0 Å².